The minimum atomic E-state index is -1.76. The molecule has 0 aromatic heterocycles. The quantitative estimate of drug-likeness (QED) is 0.0164. The van der Waals surface area contributed by atoms with Gasteiger partial charge in [0.2, 0.25) is 0 Å². The van der Waals surface area contributed by atoms with E-state index in [0.29, 0.717) is 129 Å². The number of ether oxygens (including phenoxy) is 6. The van der Waals surface area contributed by atoms with E-state index in [1.54, 1.807) is 0 Å². The minimum Gasteiger partial charge on any atom is -0.466 e. The second-order valence-electron chi connectivity index (χ2n) is 27.5. The molecule has 0 saturated carbocycles. The average Bonchev–Trinajstić information content (AvgIpc) is 1.35. The summed E-state index contributed by atoms with van der Waals surface area (Å²) in [5.41, 5.74) is -1.76. The fourth-order valence-corrected chi connectivity index (χ4v) is 11.5. The van der Waals surface area contributed by atoms with Crippen molar-refractivity contribution in [2.45, 2.75) is 347 Å². The van der Waals surface area contributed by atoms with E-state index in [9.17, 15) is 54.3 Å². The fraction of sp³-hybridized carbons (Fsp3) is 0.825. The van der Waals surface area contributed by atoms with Crippen LogP contribution in [0.15, 0.2) is 48.6 Å². The highest BCUT2D eigenvalue weighted by atomic mass is 16.6. The number of esters is 6. The molecule has 4 atom stereocenters. The highest BCUT2D eigenvalue weighted by Crippen LogP contribution is 2.19. The van der Waals surface area contributed by atoms with Crippen molar-refractivity contribution in [1.29, 1.82) is 0 Å². The fourth-order valence-electron chi connectivity index (χ4n) is 11.5. The van der Waals surface area contributed by atoms with Crippen LogP contribution in [0.5, 0.6) is 0 Å². The predicted molar refractivity (Wildman–Crippen MR) is 396 cm³/mol. The summed E-state index contributed by atoms with van der Waals surface area (Å²) in [6, 6.07) is 0. The van der Waals surface area contributed by atoms with E-state index in [0.717, 1.165) is 77.0 Å². The number of unbranched alkanes of at least 4 members (excludes halogenated alkanes) is 24. The molecule has 0 aliphatic heterocycles. The third-order valence-electron chi connectivity index (χ3n) is 17.3. The molecule has 5 N–H and O–H groups in total. The van der Waals surface area contributed by atoms with Gasteiger partial charge in [-0.05, 0) is 122 Å². The number of nitrogens with zero attached hydrogens (tertiary/aromatic N) is 2. The lowest BCUT2D eigenvalue weighted by Crippen LogP contribution is -2.39. The molecule has 0 saturated heterocycles. The Hall–Kier alpha value is -4.50. The Bertz CT molecular complexity index is 1810. The summed E-state index contributed by atoms with van der Waals surface area (Å²) in [5, 5.41) is 55.7. The van der Waals surface area contributed by atoms with Crippen LogP contribution < -0.4 is 0 Å². The molecule has 99 heavy (non-hydrogen) atoms. The Morgan fingerprint density at radius 2 is 0.556 bits per heavy atom. The maximum atomic E-state index is 13.1. The first kappa shape index (κ1) is 94.5. The van der Waals surface area contributed by atoms with Gasteiger partial charge in [-0.2, -0.15) is 0 Å². The molecule has 0 spiro atoms. The Kier molecular flexibility index (Phi) is 66.1. The lowest BCUT2D eigenvalue weighted by atomic mass is 9.98. The van der Waals surface area contributed by atoms with Gasteiger partial charge in [-0.25, -0.2) is 0 Å². The van der Waals surface area contributed by atoms with Crippen LogP contribution in [0, 0.1) is 0 Å². The molecule has 0 radical (unpaired) electrons. The monoisotopic (exact) mass is 1410 g/mol. The summed E-state index contributed by atoms with van der Waals surface area (Å²) >= 11 is 0. The van der Waals surface area contributed by atoms with Crippen molar-refractivity contribution in [3.63, 3.8) is 0 Å². The first-order valence-electron chi connectivity index (χ1n) is 39.4. The van der Waals surface area contributed by atoms with E-state index >= 15 is 0 Å². The van der Waals surface area contributed by atoms with Gasteiger partial charge < -0.3 is 54.0 Å². The molecule has 0 aliphatic carbocycles. The molecule has 19 heteroatoms. The van der Waals surface area contributed by atoms with E-state index in [2.05, 4.69) is 52.0 Å². The molecule has 4 unspecified atom stereocenters. The van der Waals surface area contributed by atoms with Gasteiger partial charge in [0.1, 0.15) is 26.4 Å². The smallest absolute Gasteiger partial charge is 0.308 e. The summed E-state index contributed by atoms with van der Waals surface area (Å²) in [4.78, 5) is 79.1. The number of hydrogen-bond acceptors (Lipinski definition) is 19. The summed E-state index contributed by atoms with van der Waals surface area (Å²) in [6.07, 6.45) is 47.4. The average molecular weight is 1410 g/mol. The maximum Gasteiger partial charge on any atom is 0.308 e. The third kappa shape index (κ3) is 67.7. The minimum absolute atomic E-state index is 0.000256. The van der Waals surface area contributed by atoms with Gasteiger partial charge in [-0.3, -0.25) is 38.6 Å². The van der Waals surface area contributed by atoms with Gasteiger partial charge in [0.25, 0.3) is 0 Å². The van der Waals surface area contributed by atoms with Crippen molar-refractivity contribution in [2.24, 2.45) is 0 Å². The first-order valence-corrected chi connectivity index (χ1v) is 39.4. The molecule has 0 rings (SSSR count). The molecular weight excluding hydrogens is 1260 g/mol. The van der Waals surface area contributed by atoms with Crippen LogP contribution in [0.4, 0.5) is 0 Å². The second kappa shape index (κ2) is 69.2. The van der Waals surface area contributed by atoms with Crippen LogP contribution in [0.25, 0.3) is 0 Å². The molecule has 0 fully saturated rings. The van der Waals surface area contributed by atoms with Crippen molar-refractivity contribution in [2.75, 3.05) is 78.9 Å². The maximum absolute atomic E-state index is 13.1. The van der Waals surface area contributed by atoms with Gasteiger partial charge >= 0.3 is 35.8 Å². The number of carbonyl (C=O) groups is 6. The van der Waals surface area contributed by atoms with Gasteiger partial charge in [-0.15, -0.1) is 0 Å². The van der Waals surface area contributed by atoms with Crippen LogP contribution in [-0.2, 0) is 57.2 Å². The zero-order valence-electron chi connectivity index (χ0n) is 63.1. The number of carbonyl (C=O) groups excluding carboxylic acids is 6. The van der Waals surface area contributed by atoms with Crippen molar-refractivity contribution in [3.8, 4) is 0 Å². The number of allylic oxidation sites excluding steroid dienone is 4. The Morgan fingerprint density at radius 1 is 0.313 bits per heavy atom. The highest BCUT2D eigenvalue weighted by Gasteiger charge is 2.30. The molecule has 576 valence electrons. The molecule has 0 aliphatic rings. The normalized spacial score (nSPS) is 13.8. The van der Waals surface area contributed by atoms with Gasteiger partial charge in [0.05, 0.1) is 56.1 Å². The number of aliphatic hydroxyl groups is 5. The molecule has 0 bridgehead atoms. The van der Waals surface area contributed by atoms with Crippen LogP contribution in [0.1, 0.15) is 317 Å². The van der Waals surface area contributed by atoms with E-state index in [1.807, 2.05) is 34.1 Å². The number of rotatable bonds is 72. The first-order chi connectivity index (χ1) is 47.9. The molecular formula is C80H144N2O17. The molecule has 0 amide bonds. The summed E-state index contributed by atoms with van der Waals surface area (Å²) in [7, 11) is 0. The predicted octanol–water partition coefficient (Wildman–Crippen LogP) is 15.5. The molecule has 0 aromatic rings. The Balaban J connectivity index is 5.32. The standard InChI is InChI=1S/C80H144N2O17/c1-6-10-14-18-22-26-42-58-94-74(87)52-38-30-34-48-70(83)66-81(67-71(84)49-35-31-39-53-75(88)95-59-43-27-23-19-15-11-7-2)56-46-62-98-78(91)64-80(5,93)65-79(92)99-63-47-57-82(68-72(85)50-36-32-40-54-76(89)96-60-44-28-24-20-16-12-8-3)69-73(86)51-37-33-41-55-77(90)97-61-45-29-25-21-17-13-9-4/h26-29,42-45,70-73,83-86,93H,6-25,30-41,46-69H2,1-5H3/b42-26-,43-27-,44-28-,45-29-. The topological polar surface area (TPSA) is 265 Å². The summed E-state index contributed by atoms with van der Waals surface area (Å²) < 4.78 is 32.4. The number of hydrogen-bond donors (Lipinski definition) is 5. The molecule has 0 heterocycles. The zero-order chi connectivity index (χ0) is 72.9. The largest absolute Gasteiger partial charge is 0.466 e. The van der Waals surface area contributed by atoms with Crippen molar-refractivity contribution in [1.82, 2.24) is 9.80 Å². The lowest BCUT2D eigenvalue weighted by Gasteiger charge is -2.28. The van der Waals surface area contributed by atoms with Gasteiger partial charge in [0, 0.05) is 65.0 Å². The number of aliphatic hydroxyl groups excluding tert-OH is 4. The zero-order valence-corrected chi connectivity index (χ0v) is 63.1. The van der Waals surface area contributed by atoms with Crippen LogP contribution in [-0.4, -0.2) is 180 Å². The van der Waals surface area contributed by atoms with E-state index in [1.165, 1.54) is 84.0 Å². The van der Waals surface area contributed by atoms with E-state index < -0.39 is 54.8 Å². The van der Waals surface area contributed by atoms with Crippen molar-refractivity contribution < 1.29 is 82.7 Å². The van der Waals surface area contributed by atoms with Gasteiger partial charge in [-0.1, -0.05) is 205 Å². The van der Waals surface area contributed by atoms with Crippen molar-refractivity contribution >= 4 is 35.8 Å². The Labute approximate surface area is 600 Å². The van der Waals surface area contributed by atoms with Crippen LogP contribution in [0.3, 0.4) is 0 Å². The molecule has 19 nitrogen and oxygen atoms in total. The summed E-state index contributed by atoms with van der Waals surface area (Å²) in [6.45, 7) is 13.1. The van der Waals surface area contributed by atoms with E-state index in [4.69, 9.17) is 28.4 Å². The van der Waals surface area contributed by atoms with Crippen LogP contribution in [0.2, 0.25) is 0 Å². The van der Waals surface area contributed by atoms with Gasteiger partial charge in [0.15, 0.2) is 0 Å². The summed E-state index contributed by atoms with van der Waals surface area (Å²) in [5.74, 6) is -2.36. The van der Waals surface area contributed by atoms with Crippen molar-refractivity contribution in [3.05, 3.63) is 48.6 Å². The third-order valence-corrected chi connectivity index (χ3v) is 17.3. The Morgan fingerprint density at radius 3 is 0.798 bits per heavy atom. The van der Waals surface area contributed by atoms with Crippen LogP contribution >= 0.6 is 0 Å². The molecule has 0 aromatic carbocycles. The SMILES string of the molecule is CCCCCC/C=C\COC(=O)CCCCCC(O)CN(CCCOC(=O)CC(C)(O)CC(=O)OCCCN(CC(O)CCCCCC(=O)OC/C=C\CCCCCC)CC(O)CCCCCC(=O)OC/C=C\CCCCCC)CC(O)CCCCCC(=O)OC/C=C\CCCCCC. The highest BCUT2D eigenvalue weighted by molar-refractivity contribution is 5.75. The second-order valence-corrected chi connectivity index (χ2v) is 27.5. The van der Waals surface area contributed by atoms with E-state index in [-0.39, 0.29) is 89.7 Å². The lowest BCUT2D eigenvalue weighted by molar-refractivity contribution is -0.155.